The molecule has 0 bridgehead atoms. The molecule has 4 nitrogen and oxygen atoms in total. The van der Waals surface area contributed by atoms with Crippen LogP contribution in [0.2, 0.25) is 0 Å². The molecule has 24 heavy (non-hydrogen) atoms. The largest absolute Gasteiger partial charge is 0.481 e. The lowest BCUT2D eigenvalue weighted by atomic mass is 9.46. The van der Waals surface area contributed by atoms with E-state index < -0.39 is 11.4 Å². The monoisotopic (exact) mass is 332 g/mol. The molecule has 2 saturated carbocycles. The number of hydrogen-bond donors (Lipinski definition) is 1. The molecule has 0 saturated heterocycles. The molecule has 0 radical (unpaired) electrons. The maximum atomic E-state index is 12.0. The Morgan fingerprint density at radius 3 is 2.79 bits per heavy atom. The quantitative estimate of drug-likeness (QED) is 0.621. The standard InChI is InChI=1S/C20H28O4/c1-13-5-8-16-19(2,10-4-11-20(16,3)18(22)23)15(13)7-6-14-9-12-24-17(14)21/h9,15-16H,1,4-8,10-12H2,2-3H3,(H,22,23)/t15?,16-,19-,20+/m1/s1. The molecule has 0 aromatic carbocycles. The lowest BCUT2D eigenvalue weighted by Gasteiger charge is -2.57. The van der Waals surface area contributed by atoms with E-state index >= 15 is 0 Å². The Kier molecular flexibility index (Phi) is 4.35. The Morgan fingerprint density at radius 1 is 1.42 bits per heavy atom. The van der Waals surface area contributed by atoms with Gasteiger partial charge in [0, 0.05) is 5.57 Å². The molecule has 0 aromatic rings. The Hall–Kier alpha value is -1.58. The normalized spacial score (nSPS) is 39.2. The van der Waals surface area contributed by atoms with Crippen molar-refractivity contribution >= 4 is 11.9 Å². The van der Waals surface area contributed by atoms with Gasteiger partial charge in [-0.3, -0.25) is 4.79 Å². The molecule has 2 aliphatic carbocycles. The van der Waals surface area contributed by atoms with Crippen LogP contribution in [0.5, 0.6) is 0 Å². The summed E-state index contributed by atoms with van der Waals surface area (Å²) in [6.45, 7) is 8.88. The second-order valence-corrected chi connectivity index (χ2v) is 8.25. The minimum Gasteiger partial charge on any atom is -0.481 e. The van der Waals surface area contributed by atoms with Gasteiger partial charge < -0.3 is 9.84 Å². The summed E-state index contributed by atoms with van der Waals surface area (Å²) in [6.07, 6.45) is 8.01. The fourth-order valence-corrected chi connectivity index (χ4v) is 5.64. The Bertz CT molecular complexity index is 605. The fourth-order valence-electron chi connectivity index (χ4n) is 5.64. The number of hydrogen-bond acceptors (Lipinski definition) is 3. The third kappa shape index (κ3) is 2.60. The van der Waals surface area contributed by atoms with Gasteiger partial charge in [0.25, 0.3) is 0 Å². The summed E-state index contributed by atoms with van der Waals surface area (Å²) >= 11 is 0. The van der Waals surface area contributed by atoms with Crippen molar-refractivity contribution in [2.24, 2.45) is 22.7 Å². The molecule has 0 spiro atoms. The van der Waals surface area contributed by atoms with E-state index in [1.807, 2.05) is 13.0 Å². The van der Waals surface area contributed by atoms with E-state index in [0.717, 1.165) is 44.1 Å². The van der Waals surface area contributed by atoms with Crippen LogP contribution >= 0.6 is 0 Å². The number of ether oxygens (including phenoxy) is 1. The summed E-state index contributed by atoms with van der Waals surface area (Å²) in [7, 11) is 0. The van der Waals surface area contributed by atoms with Crippen LogP contribution in [0.1, 0.15) is 58.8 Å². The summed E-state index contributed by atoms with van der Waals surface area (Å²) in [5, 5.41) is 9.85. The van der Waals surface area contributed by atoms with Crippen LogP contribution in [0.25, 0.3) is 0 Å². The van der Waals surface area contributed by atoms with Gasteiger partial charge in [0.1, 0.15) is 6.61 Å². The van der Waals surface area contributed by atoms with Gasteiger partial charge in [-0.2, -0.15) is 0 Å². The van der Waals surface area contributed by atoms with E-state index in [1.54, 1.807) is 0 Å². The number of aliphatic carboxylic acids is 1. The number of carbonyl (C=O) groups excluding carboxylic acids is 1. The average Bonchev–Trinajstić information content (AvgIpc) is 2.91. The molecule has 3 rings (SSSR count). The van der Waals surface area contributed by atoms with Crippen molar-refractivity contribution in [3.8, 4) is 0 Å². The molecule has 132 valence electrons. The van der Waals surface area contributed by atoms with Crippen LogP contribution in [-0.4, -0.2) is 23.7 Å². The first-order valence-electron chi connectivity index (χ1n) is 9.06. The molecule has 1 heterocycles. The van der Waals surface area contributed by atoms with Crippen molar-refractivity contribution in [1.82, 2.24) is 0 Å². The van der Waals surface area contributed by atoms with Crippen molar-refractivity contribution in [3.05, 3.63) is 23.8 Å². The van der Waals surface area contributed by atoms with Gasteiger partial charge in [0.2, 0.25) is 0 Å². The zero-order valence-electron chi connectivity index (χ0n) is 14.8. The highest BCUT2D eigenvalue weighted by Crippen LogP contribution is 2.62. The maximum Gasteiger partial charge on any atom is 0.334 e. The predicted octanol–water partition coefficient (Wildman–Crippen LogP) is 4.11. The first-order chi connectivity index (χ1) is 11.3. The molecular weight excluding hydrogens is 304 g/mol. The Morgan fingerprint density at radius 2 is 2.17 bits per heavy atom. The van der Waals surface area contributed by atoms with E-state index in [1.165, 1.54) is 5.57 Å². The number of carbonyl (C=O) groups is 2. The third-order valence-corrected chi connectivity index (χ3v) is 7.02. The van der Waals surface area contributed by atoms with Gasteiger partial charge in [0.05, 0.1) is 5.41 Å². The van der Waals surface area contributed by atoms with E-state index in [0.29, 0.717) is 13.0 Å². The second-order valence-electron chi connectivity index (χ2n) is 8.25. The highest BCUT2D eigenvalue weighted by Gasteiger charge is 2.57. The smallest absolute Gasteiger partial charge is 0.334 e. The van der Waals surface area contributed by atoms with Crippen molar-refractivity contribution in [3.63, 3.8) is 0 Å². The SMILES string of the molecule is C=C1CC[C@H]2[C@@](C)(C(=O)O)CCC[C@]2(C)C1CCC1=CCOC1=O. The number of carboxylic acid groups (broad SMARTS) is 1. The number of esters is 1. The second kappa shape index (κ2) is 6.05. The summed E-state index contributed by atoms with van der Waals surface area (Å²) < 4.78 is 5.00. The zero-order chi connectivity index (χ0) is 17.5. The van der Waals surface area contributed by atoms with E-state index in [-0.39, 0.29) is 23.2 Å². The molecule has 1 unspecified atom stereocenters. The highest BCUT2D eigenvalue weighted by atomic mass is 16.5. The molecule has 1 aliphatic heterocycles. The summed E-state index contributed by atoms with van der Waals surface area (Å²) in [5.41, 5.74) is 1.32. The van der Waals surface area contributed by atoms with Crippen LogP contribution in [0.3, 0.4) is 0 Å². The van der Waals surface area contributed by atoms with Crippen molar-refractivity contribution in [2.75, 3.05) is 6.61 Å². The molecule has 1 N–H and O–H groups in total. The number of fused-ring (bicyclic) bond motifs is 1. The van der Waals surface area contributed by atoms with Crippen LogP contribution in [-0.2, 0) is 14.3 Å². The summed E-state index contributed by atoms with van der Waals surface area (Å²) in [5.74, 6) is -0.398. The molecule has 2 fully saturated rings. The van der Waals surface area contributed by atoms with Crippen molar-refractivity contribution in [1.29, 1.82) is 0 Å². The Balaban J connectivity index is 1.83. The average molecular weight is 332 g/mol. The molecule has 0 amide bonds. The fraction of sp³-hybridized carbons (Fsp3) is 0.700. The van der Waals surface area contributed by atoms with Gasteiger partial charge in [-0.05, 0) is 68.8 Å². The highest BCUT2D eigenvalue weighted by molar-refractivity contribution is 5.90. The lowest BCUT2D eigenvalue weighted by molar-refractivity contribution is -0.164. The van der Waals surface area contributed by atoms with Gasteiger partial charge in [-0.15, -0.1) is 0 Å². The van der Waals surface area contributed by atoms with Crippen LogP contribution in [0.15, 0.2) is 23.8 Å². The van der Waals surface area contributed by atoms with Gasteiger partial charge in [0.15, 0.2) is 0 Å². The molecule has 3 aliphatic rings. The minimum atomic E-state index is -0.660. The van der Waals surface area contributed by atoms with E-state index in [2.05, 4.69) is 13.5 Å². The Labute approximate surface area is 144 Å². The topological polar surface area (TPSA) is 63.6 Å². The van der Waals surface area contributed by atoms with Crippen molar-refractivity contribution in [2.45, 2.75) is 58.8 Å². The third-order valence-electron chi connectivity index (χ3n) is 7.02. The van der Waals surface area contributed by atoms with Crippen molar-refractivity contribution < 1.29 is 19.4 Å². The van der Waals surface area contributed by atoms with Gasteiger partial charge >= 0.3 is 11.9 Å². The zero-order valence-corrected chi connectivity index (χ0v) is 14.8. The molecular formula is C20H28O4. The van der Waals surface area contributed by atoms with Crippen LogP contribution in [0, 0.1) is 22.7 Å². The lowest BCUT2D eigenvalue weighted by Crippen LogP contribution is -2.53. The van der Waals surface area contributed by atoms with E-state index in [4.69, 9.17) is 4.74 Å². The molecule has 4 heteroatoms. The predicted molar refractivity (Wildman–Crippen MR) is 91.3 cm³/mol. The summed E-state index contributed by atoms with van der Waals surface area (Å²) in [4.78, 5) is 23.7. The number of cyclic esters (lactones) is 1. The van der Waals surface area contributed by atoms with Crippen LogP contribution in [0.4, 0.5) is 0 Å². The number of allylic oxidation sites excluding steroid dienone is 1. The number of carboxylic acids is 1. The first-order valence-corrected chi connectivity index (χ1v) is 9.06. The maximum absolute atomic E-state index is 12.0. The number of rotatable bonds is 4. The van der Waals surface area contributed by atoms with E-state index in [9.17, 15) is 14.7 Å². The van der Waals surface area contributed by atoms with Gasteiger partial charge in [-0.25, -0.2) is 4.79 Å². The van der Waals surface area contributed by atoms with Gasteiger partial charge in [-0.1, -0.05) is 25.5 Å². The molecule has 0 aromatic heterocycles. The summed E-state index contributed by atoms with van der Waals surface area (Å²) in [6, 6.07) is 0. The first kappa shape index (κ1) is 17.2. The van der Waals surface area contributed by atoms with Crippen LogP contribution < -0.4 is 0 Å². The minimum absolute atomic E-state index is 0.0379. The molecule has 4 atom stereocenters.